The average molecular weight is 185 g/mol. The van der Waals surface area contributed by atoms with Gasteiger partial charge in [0.2, 0.25) is 0 Å². The molecule has 13 heavy (non-hydrogen) atoms. The summed E-state index contributed by atoms with van der Waals surface area (Å²) in [5, 5.41) is 11.3. The molecular formula is C9H15NO3. The Kier molecular flexibility index (Phi) is 3.73. The molecule has 0 aromatic rings. The van der Waals surface area contributed by atoms with E-state index in [0.717, 1.165) is 25.7 Å². The minimum atomic E-state index is -0.112. The zero-order valence-electron chi connectivity index (χ0n) is 7.77. The van der Waals surface area contributed by atoms with Crippen LogP contribution in [0, 0.1) is 11.8 Å². The second kappa shape index (κ2) is 4.84. The quantitative estimate of drug-likeness (QED) is 0.306. The van der Waals surface area contributed by atoms with Gasteiger partial charge < -0.3 is 9.94 Å². The van der Waals surface area contributed by atoms with Gasteiger partial charge in [-0.1, -0.05) is 0 Å². The van der Waals surface area contributed by atoms with Crippen molar-refractivity contribution in [3.05, 3.63) is 0 Å². The highest BCUT2D eigenvalue weighted by Gasteiger charge is 2.25. The Morgan fingerprint density at radius 1 is 1.46 bits per heavy atom. The van der Waals surface area contributed by atoms with Gasteiger partial charge in [0.05, 0.1) is 13.0 Å². The number of carbonyl (C=O) groups excluding carboxylic acids is 1. The SMILES string of the molecule is COC(=O)C1CCC(/C=N\O)CC1. The standard InChI is InChI=1S/C9H15NO3/c1-13-9(11)8-4-2-7(3-5-8)6-10-12/h6-8,12H,2-5H2,1H3/b10-6-. The summed E-state index contributed by atoms with van der Waals surface area (Å²) < 4.78 is 4.66. The molecule has 1 saturated carbocycles. The zero-order valence-corrected chi connectivity index (χ0v) is 7.77. The van der Waals surface area contributed by atoms with Gasteiger partial charge in [-0.05, 0) is 31.6 Å². The molecular weight excluding hydrogens is 170 g/mol. The van der Waals surface area contributed by atoms with E-state index >= 15 is 0 Å². The second-order valence-corrected chi connectivity index (χ2v) is 3.40. The number of esters is 1. The van der Waals surface area contributed by atoms with E-state index in [9.17, 15) is 4.79 Å². The van der Waals surface area contributed by atoms with Gasteiger partial charge in [0.1, 0.15) is 0 Å². The number of hydrogen-bond acceptors (Lipinski definition) is 4. The van der Waals surface area contributed by atoms with Gasteiger partial charge in [-0.2, -0.15) is 0 Å². The average Bonchev–Trinajstić information content (AvgIpc) is 2.18. The molecule has 0 saturated heterocycles. The molecule has 0 atom stereocenters. The maximum absolute atomic E-state index is 11.1. The van der Waals surface area contributed by atoms with Crippen LogP contribution in [-0.2, 0) is 9.53 Å². The van der Waals surface area contributed by atoms with Gasteiger partial charge >= 0.3 is 5.97 Å². The van der Waals surface area contributed by atoms with Crippen molar-refractivity contribution in [1.29, 1.82) is 0 Å². The number of nitrogens with zero attached hydrogens (tertiary/aromatic N) is 1. The lowest BCUT2D eigenvalue weighted by atomic mass is 9.83. The Bertz CT molecular complexity index is 195. The normalized spacial score (nSPS) is 29.0. The molecule has 4 heteroatoms. The van der Waals surface area contributed by atoms with Crippen LogP contribution in [-0.4, -0.2) is 24.5 Å². The molecule has 0 radical (unpaired) electrons. The molecule has 1 aliphatic rings. The first-order valence-electron chi connectivity index (χ1n) is 4.53. The van der Waals surface area contributed by atoms with E-state index in [4.69, 9.17) is 5.21 Å². The molecule has 1 aliphatic carbocycles. The molecule has 0 heterocycles. The first-order chi connectivity index (χ1) is 6.27. The van der Waals surface area contributed by atoms with Crippen LogP contribution in [0.5, 0.6) is 0 Å². The van der Waals surface area contributed by atoms with Crippen LogP contribution in [0.25, 0.3) is 0 Å². The molecule has 74 valence electrons. The first-order valence-corrected chi connectivity index (χ1v) is 4.53. The molecule has 0 aromatic heterocycles. The van der Waals surface area contributed by atoms with Crippen molar-refractivity contribution in [1.82, 2.24) is 0 Å². The fourth-order valence-corrected chi connectivity index (χ4v) is 1.76. The topological polar surface area (TPSA) is 58.9 Å². The molecule has 0 aromatic carbocycles. The van der Waals surface area contributed by atoms with E-state index in [-0.39, 0.29) is 11.9 Å². The van der Waals surface area contributed by atoms with Crippen LogP contribution in [0.4, 0.5) is 0 Å². The summed E-state index contributed by atoms with van der Waals surface area (Å²) in [6.45, 7) is 0. The first kappa shape index (κ1) is 10.0. The number of methoxy groups -OCH3 is 1. The van der Waals surface area contributed by atoms with E-state index in [2.05, 4.69) is 9.89 Å². The minimum absolute atomic E-state index is 0.0494. The molecule has 4 nitrogen and oxygen atoms in total. The summed E-state index contributed by atoms with van der Waals surface area (Å²) in [5.41, 5.74) is 0. The monoisotopic (exact) mass is 185 g/mol. The molecule has 0 unspecified atom stereocenters. The van der Waals surface area contributed by atoms with Crippen LogP contribution < -0.4 is 0 Å². The van der Waals surface area contributed by atoms with E-state index < -0.39 is 0 Å². The number of oxime groups is 1. The Balaban J connectivity index is 2.34. The maximum Gasteiger partial charge on any atom is 0.308 e. The van der Waals surface area contributed by atoms with Crippen molar-refractivity contribution in [2.45, 2.75) is 25.7 Å². The predicted octanol–water partition coefficient (Wildman–Crippen LogP) is 1.43. The highest BCUT2D eigenvalue weighted by atomic mass is 16.5. The molecule has 0 spiro atoms. The lowest BCUT2D eigenvalue weighted by molar-refractivity contribution is -0.146. The van der Waals surface area contributed by atoms with Crippen LogP contribution in [0.15, 0.2) is 5.16 Å². The van der Waals surface area contributed by atoms with Crippen molar-refractivity contribution < 1.29 is 14.7 Å². The van der Waals surface area contributed by atoms with Crippen molar-refractivity contribution in [3.8, 4) is 0 Å². The van der Waals surface area contributed by atoms with Crippen LogP contribution in [0.2, 0.25) is 0 Å². The largest absolute Gasteiger partial charge is 0.469 e. The summed E-state index contributed by atoms with van der Waals surface area (Å²) in [5.74, 6) is 0.263. The van der Waals surface area contributed by atoms with E-state index in [1.165, 1.54) is 7.11 Å². The molecule has 0 bridgehead atoms. The third-order valence-electron chi connectivity index (χ3n) is 2.58. The maximum atomic E-state index is 11.1. The fraction of sp³-hybridized carbons (Fsp3) is 0.778. The van der Waals surface area contributed by atoms with Gasteiger partial charge in [0.15, 0.2) is 0 Å². The molecule has 1 fully saturated rings. The van der Waals surface area contributed by atoms with Crippen molar-refractivity contribution >= 4 is 12.2 Å². The van der Waals surface area contributed by atoms with Crippen molar-refractivity contribution in [2.24, 2.45) is 17.0 Å². The minimum Gasteiger partial charge on any atom is -0.469 e. The zero-order chi connectivity index (χ0) is 9.68. The van der Waals surface area contributed by atoms with Gasteiger partial charge in [-0.3, -0.25) is 4.79 Å². The highest BCUT2D eigenvalue weighted by Crippen LogP contribution is 2.28. The summed E-state index contributed by atoms with van der Waals surface area (Å²) in [6, 6.07) is 0. The summed E-state index contributed by atoms with van der Waals surface area (Å²) >= 11 is 0. The summed E-state index contributed by atoms with van der Waals surface area (Å²) in [7, 11) is 1.42. The Morgan fingerprint density at radius 2 is 2.08 bits per heavy atom. The van der Waals surface area contributed by atoms with Crippen LogP contribution in [0.3, 0.4) is 0 Å². The lowest BCUT2D eigenvalue weighted by Crippen LogP contribution is -2.23. The van der Waals surface area contributed by atoms with Gasteiger partial charge in [0.25, 0.3) is 0 Å². The van der Waals surface area contributed by atoms with E-state index in [0.29, 0.717) is 5.92 Å². The van der Waals surface area contributed by atoms with Gasteiger partial charge in [0, 0.05) is 6.21 Å². The Hall–Kier alpha value is -1.06. The molecule has 0 amide bonds. The Labute approximate surface area is 77.6 Å². The van der Waals surface area contributed by atoms with Crippen LogP contribution in [0.1, 0.15) is 25.7 Å². The number of hydrogen-bond donors (Lipinski definition) is 1. The number of carbonyl (C=O) groups is 1. The van der Waals surface area contributed by atoms with Crippen LogP contribution >= 0.6 is 0 Å². The van der Waals surface area contributed by atoms with Gasteiger partial charge in [-0.15, -0.1) is 5.16 Å². The van der Waals surface area contributed by atoms with E-state index in [1.807, 2.05) is 0 Å². The van der Waals surface area contributed by atoms with E-state index in [1.54, 1.807) is 6.21 Å². The third kappa shape index (κ3) is 2.72. The highest BCUT2D eigenvalue weighted by molar-refractivity contribution is 5.72. The Morgan fingerprint density at radius 3 is 2.54 bits per heavy atom. The van der Waals surface area contributed by atoms with Gasteiger partial charge in [-0.25, -0.2) is 0 Å². The number of ether oxygens (including phenoxy) is 1. The number of rotatable bonds is 2. The fourth-order valence-electron chi connectivity index (χ4n) is 1.76. The molecule has 0 aliphatic heterocycles. The summed E-state index contributed by atoms with van der Waals surface area (Å²) in [4.78, 5) is 11.1. The van der Waals surface area contributed by atoms with Crippen molar-refractivity contribution in [3.63, 3.8) is 0 Å². The lowest BCUT2D eigenvalue weighted by Gasteiger charge is -2.23. The van der Waals surface area contributed by atoms with Crippen molar-refractivity contribution in [2.75, 3.05) is 7.11 Å². The second-order valence-electron chi connectivity index (χ2n) is 3.40. The third-order valence-corrected chi connectivity index (χ3v) is 2.58. The molecule has 1 N–H and O–H groups in total. The summed E-state index contributed by atoms with van der Waals surface area (Å²) in [6.07, 6.45) is 5.04. The smallest absolute Gasteiger partial charge is 0.308 e. The molecule has 1 rings (SSSR count). The predicted molar refractivity (Wildman–Crippen MR) is 47.7 cm³/mol.